The summed E-state index contributed by atoms with van der Waals surface area (Å²) in [5.41, 5.74) is 4.83. The summed E-state index contributed by atoms with van der Waals surface area (Å²) in [7, 11) is 0. The van der Waals surface area contributed by atoms with Gasteiger partial charge in [-0.05, 0) is 55.7 Å². The zero-order valence-electron chi connectivity index (χ0n) is 24.7. The van der Waals surface area contributed by atoms with Crippen molar-refractivity contribution >= 4 is 24.2 Å². The zero-order valence-corrected chi connectivity index (χ0v) is 24.7. The number of carboxylic acid groups (broad SMARTS) is 1. The van der Waals surface area contributed by atoms with Crippen molar-refractivity contribution in [1.29, 1.82) is 0 Å². The van der Waals surface area contributed by atoms with E-state index in [0.717, 1.165) is 0 Å². The first-order chi connectivity index (χ1) is 18.7. The van der Waals surface area contributed by atoms with Gasteiger partial charge < -0.3 is 34.5 Å². The van der Waals surface area contributed by atoms with Crippen LogP contribution < -0.4 is 15.2 Å². The predicted molar refractivity (Wildman–Crippen MR) is 147 cm³/mol. The molecule has 0 heterocycles. The first-order valence-corrected chi connectivity index (χ1v) is 13.7. The summed E-state index contributed by atoms with van der Waals surface area (Å²) in [5, 5.41) is 9.93. The Morgan fingerprint density at radius 3 is 1.88 bits per heavy atom. The summed E-state index contributed by atoms with van der Waals surface area (Å²) < 4.78 is 26.1. The fourth-order valence-corrected chi connectivity index (χ4v) is 3.46. The van der Waals surface area contributed by atoms with Crippen LogP contribution in [0.3, 0.4) is 0 Å². The second-order valence-electron chi connectivity index (χ2n) is 10.9. The lowest BCUT2D eigenvalue weighted by Gasteiger charge is -2.28. The summed E-state index contributed by atoms with van der Waals surface area (Å²) in [6.07, 6.45) is -1.30. The van der Waals surface area contributed by atoms with Crippen LogP contribution in [-0.2, 0) is 30.2 Å². The van der Waals surface area contributed by atoms with Gasteiger partial charge in [-0.1, -0.05) is 47.6 Å². The molecule has 0 aliphatic heterocycles. The predicted octanol–water partition coefficient (Wildman–Crippen LogP) is 5.50. The monoisotopic (exact) mass is 567 g/mol. The molecule has 226 valence electrons. The van der Waals surface area contributed by atoms with E-state index in [1.54, 1.807) is 13.8 Å². The minimum Gasteiger partial charge on any atom is -0.480 e. The maximum absolute atomic E-state index is 12.3. The molecule has 0 fully saturated rings. The van der Waals surface area contributed by atoms with E-state index in [4.69, 9.17) is 29.4 Å². The molecule has 0 bridgehead atoms. The SMILES string of the molecule is CCC(C)C(=O)O[C@@H](C)CC(N)(Cc1ccc(OC(=O)OCCC(C)C)c(OC(=O)OCCC(C)C)c1)C(=O)O. The largest absolute Gasteiger partial charge is 0.513 e. The third-order valence-corrected chi connectivity index (χ3v) is 6.15. The van der Waals surface area contributed by atoms with Crippen LogP contribution in [0.2, 0.25) is 0 Å². The van der Waals surface area contributed by atoms with E-state index >= 15 is 0 Å². The molecule has 0 aromatic heterocycles. The highest BCUT2D eigenvalue weighted by molar-refractivity contribution is 5.79. The Morgan fingerprint density at radius 1 is 0.875 bits per heavy atom. The van der Waals surface area contributed by atoms with Gasteiger partial charge in [-0.2, -0.15) is 0 Å². The molecule has 0 aliphatic rings. The highest BCUT2D eigenvalue weighted by Gasteiger charge is 2.37. The van der Waals surface area contributed by atoms with E-state index in [1.165, 1.54) is 18.2 Å². The number of nitrogens with two attached hydrogens (primary N) is 1. The van der Waals surface area contributed by atoms with Crippen LogP contribution in [0.1, 0.15) is 79.7 Å². The topological polar surface area (TPSA) is 161 Å². The van der Waals surface area contributed by atoms with Gasteiger partial charge in [0.1, 0.15) is 11.6 Å². The molecule has 1 rings (SSSR count). The molecule has 1 aromatic carbocycles. The molecule has 2 unspecified atom stereocenters. The van der Waals surface area contributed by atoms with Crippen molar-refractivity contribution in [3.63, 3.8) is 0 Å². The summed E-state index contributed by atoms with van der Waals surface area (Å²) in [4.78, 5) is 48.9. The van der Waals surface area contributed by atoms with Gasteiger partial charge in [0, 0.05) is 12.8 Å². The molecule has 0 saturated carbocycles. The van der Waals surface area contributed by atoms with Crippen LogP contribution in [0.25, 0.3) is 0 Å². The van der Waals surface area contributed by atoms with Crippen LogP contribution in [0, 0.1) is 17.8 Å². The summed E-state index contributed by atoms with van der Waals surface area (Å²) in [6.45, 7) is 13.3. The van der Waals surface area contributed by atoms with Gasteiger partial charge in [-0.25, -0.2) is 9.59 Å². The number of hydrogen-bond donors (Lipinski definition) is 2. The molecule has 0 radical (unpaired) electrons. The van der Waals surface area contributed by atoms with Crippen LogP contribution in [-0.4, -0.2) is 54.2 Å². The molecular formula is C29H45NO10. The minimum atomic E-state index is -1.82. The van der Waals surface area contributed by atoms with Crippen LogP contribution in [0.15, 0.2) is 18.2 Å². The molecule has 11 nitrogen and oxygen atoms in total. The molecule has 3 atom stereocenters. The number of carbonyl (C=O) groups is 4. The van der Waals surface area contributed by atoms with E-state index in [9.17, 15) is 24.3 Å². The van der Waals surface area contributed by atoms with Crippen LogP contribution in [0.4, 0.5) is 9.59 Å². The van der Waals surface area contributed by atoms with Gasteiger partial charge in [0.25, 0.3) is 0 Å². The van der Waals surface area contributed by atoms with Gasteiger partial charge in [0.05, 0.1) is 19.1 Å². The lowest BCUT2D eigenvalue weighted by atomic mass is 9.86. The maximum Gasteiger partial charge on any atom is 0.513 e. The van der Waals surface area contributed by atoms with Gasteiger partial charge >= 0.3 is 24.2 Å². The Balaban J connectivity index is 3.14. The fourth-order valence-electron chi connectivity index (χ4n) is 3.46. The average molecular weight is 568 g/mol. The second kappa shape index (κ2) is 16.7. The standard InChI is InChI=1S/C29H45NO10/c1-8-20(6)25(31)38-21(7)16-29(30,26(32)33)17-22-9-10-23(39-27(34)36-13-11-18(2)3)24(15-22)40-28(35)37-14-12-19(4)5/h9-10,15,18-21H,8,11-14,16-17,30H2,1-7H3,(H,32,33)/t20?,21-,29?/m0/s1. The molecule has 11 heteroatoms. The Kier molecular flexibility index (Phi) is 14.5. The number of aliphatic carboxylic acids is 1. The van der Waals surface area contributed by atoms with Crippen LogP contribution in [0.5, 0.6) is 11.5 Å². The molecule has 3 N–H and O–H groups in total. The molecular weight excluding hydrogens is 522 g/mol. The van der Waals surface area contributed by atoms with Crippen molar-refractivity contribution in [3.05, 3.63) is 23.8 Å². The van der Waals surface area contributed by atoms with E-state index in [-0.39, 0.29) is 43.5 Å². The van der Waals surface area contributed by atoms with E-state index < -0.39 is 35.9 Å². The van der Waals surface area contributed by atoms with Crippen molar-refractivity contribution in [2.24, 2.45) is 23.5 Å². The maximum atomic E-state index is 12.3. The number of carboxylic acids is 1. The Bertz CT molecular complexity index is 993. The number of hydrogen-bond acceptors (Lipinski definition) is 10. The van der Waals surface area contributed by atoms with E-state index in [2.05, 4.69) is 0 Å². The second-order valence-corrected chi connectivity index (χ2v) is 10.9. The average Bonchev–Trinajstić information content (AvgIpc) is 2.84. The highest BCUT2D eigenvalue weighted by atomic mass is 16.7. The van der Waals surface area contributed by atoms with Gasteiger partial charge in [-0.15, -0.1) is 0 Å². The van der Waals surface area contributed by atoms with Crippen molar-refractivity contribution in [1.82, 2.24) is 0 Å². The Morgan fingerprint density at radius 2 is 1.40 bits per heavy atom. The van der Waals surface area contributed by atoms with E-state index in [0.29, 0.717) is 36.7 Å². The molecule has 0 aliphatic carbocycles. The Hall–Kier alpha value is -3.34. The van der Waals surface area contributed by atoms with Crippen molar-refractivity contribution in [2.45, 2.75) is 92.2 Å². The van der Waals surface area contributed by atoms with Gasteiger partial charge in [-0.3, -0.25) is 9.59 Å². The molecule has 0 saturated heterocycles. The Labute approximate surface area is 236 Å². The molecule has 0 amide bonds. The molecule has 1 aromatic rings. The third kappa shape index (κ3) is 12.7. The number of benzene rings is 1. The summed E-state index contributed by atoms with van der Waals surface area (Å²) in [5.74, 6) is -1.73. The number of carbonyl (C=O) groups excluding carboxylic acids is 3. The van der Waals surface area contributed by atoms with Gasteiger partial charge in [0.15, 0.2) is 11.5 Å². The summed E-state index contributed by atoms with van der Waals surface area (Å²) >= 11 is 0. The molecule has 0 spiro atoms. The fraction of sp³-hybridized carbons (Fsp3) is 0.655. The first kappa shape index (κ1) is 34.7. The number of ether oxygens (including phenoxy) is 5. The lowest BCUT2D eigenvalue weighted by molar-refractivity contribution is -0.156. The van der Waals surface area contributed by atoms with Gasteiger partial charge in [0.2, 0.25) is 0 Å². The first-order valence-electron chi connectivity index (χ1n) is 13.7. The molecule has 40 heavy (non-hydrogen) atoms. The van der Waals surface area contributed by atoms with Crippen molar-refractivity contribution in [3.8, 4) is 11.5 Å². The zero-order chi connectivity index (χ0) is 30.5. The number of esters is 1. The van der Waals surface area contributed by atoms with Crippen molar-refractivity contribution < 1.29 is 48.0 Å². The minimum absolute atomic E-state index is 0.118. The lowest BCUT2D eigenvalue weighted by Crippen LogP contribution is -2.52. The number of rotatable bonds is 16. The smallest absolute Gasteiger partial charge is 0.480 e. The highest BCUT2D eigenvalue weighted by Crippen LogP contribution is 2.31. The third-order valence-electron chi connectivity index (χ3n) is 6.15. The normalized spacial score (nSPS) is 14.2. The quantitative estimate of drug-likeness (QED) is 0.147. The van der Waals surface area contributed by atoms with Crippen molar-refractivity contribution in [2.75, 3.05) is 13.2 Å². The van der Waals surface area contributed by atoms with E-state index in [1.807, 2.05) is 34.6 Å². The van der Waals surface area contributed by atoms with Crippen LogP contribution >= 0.6 is 0 Å². The summed E-state index contributed by atoms with van der Waals surface area (Å²) in [6, 6.07) is 4.19.